The quantitative estimate of drug-likeness (QED) is 0.360. The van der Waals surface area contributed by atoms with E-state index in [-0.39, 0.29) is 11.9 Å². The zero-order chi connectivity index (χ0) is 10.8. The summed E-state index contributed by atoms with van der Waals surface area (Å²) >= 11 is 0. The van der Waals surface area contributed by atoms with Gasteiger partial charge in [-0.25, -0.2) is 0 Å². The Morgan fingerprint density at radius 2 is 1.36 bits per heavy atom. The summed E-state index contributed by atoms with van der Waals surface area (Å²) < 4.78 is 4.62. The van der Waals surface area contributed by atoms with E-state index >= 15 is 0 Å². The molecule has 0 fully saturated rings. The number of carbonyl (C=O) groups excluding carboxylic acids is 2. The van der Waals surface area contributed by atoms with E-state index in [2.05, 4.69) is 11.7 Å². The van der Waals surface area contributed by atoms with Crippen LogP contribution in [-0.2, 0) is 14.3 Å². The lowest BCUT2D eigenvalue weighted by Crippen LogP contribution is -2.11. The number of carbonyl (C=O) groups is 2. The van der Waals surface area contributed by atoms with E-state index in [9.17, 15) is 9.59 Å². The lowest BCUT2D eigenvalue weighted by Gasteiger charge is -2.01. The lowest BCUT2D eigenvalue weighted by atomic mass is 10.2. The second-order valence-electron chi connectivity index (χ2n) is 3.41. The summed E-state index contributed by atoms with van der Waals surface area (Å²) in [5.41, 5.74) is 0. The van der Waals surface area contributed by atoms with Crippen LogP contribution in [0, 0.1) is 0 Å². The third kappa shape index (κ3) is 7.77. The summed E-state index contributed by atoms with van der Waals surface area (Å²) in [6.45, 7) is 4.06. The van der Waals surface area contributed by atoms with Crippen molar-refractivity contribution in [3.8, 4) is 0 Å². The first-order valence-electron chi connectivity index (χ1n) is 5.44. The Labute approximate surface area is 85.8 Å². The van der Waals surface area contributed by atoms with Crippen LogP contribution in [0.2, 0.25) is 0 Å². The van der Waals surface area contributed by atoms with E-state index in [1.807, 2.05) is 6.92 Å². The molecule has 0 aliphatic heterocycles. The Morgan fingerprint density at radius 1 is 0.857 bits per heavy atom. The van der Waals surface area contributed by atoms with Gasteiger partial charge in [-0.15, -0.1) is 0 Å². The van der Waals surface area contributed by atoms with Gasteiger partial charge in [0.1, 0.15) is 0 Å². The molecular weight excluding hydrogens is 180 g/mol. The van der Waals surface area contributed by atoms with Gasteiger partial charge in [0.15, 0.2) is 0 Å². The standard InChI is InChI=1S/C11H20O3/c1-3-5-7-9-11(13)14-10(12)8-6-4-2/h3-9H2,1-2H3. The third-order valence-corrected chi connectivity index (χ3v) is 1.95. The molecule has 0 spiro atoms. The topological polar surface area (TPSA) is 43.4 Å². The van der Waals surface area contributed by atoms with Crippen LogP contribution < -0.4 is 0 Å². The number of esters is 2. The molecule has 0 unspecified atom stereocenters. The Morgan fingerprint density at radius 3 is 1.86 bits per heavy atom. The van der Waals surface area contributed by atoms with Crippen molar-refractivity contribution in [3.05, 3.63) is 0 Å². The predicted molar refractivity (Wildman–Crippen MR) is 54.8 cm³/mol. The average molecular weight is 200 g/mol. The molecule has 3 heteroatoms. The molecule has 14 heavy (non-hydrogen) atoms. The minimum Gasteiger partial charge on any atom is -0.393 e. The number of unbranched alkanes of at least 4 members (excludes halogenated alkanes) is 3. The molecule has 0 bridgehead atoms. The molecule has 0 N–H and O–H groups in total. The molecule has 0 aromatic carbocycles. The SMILES string of the molecule is CCCCCC(=O)OC(=O)CCCC. The molecule has 0 atom stereocenters. The molecule has 0 saturated heterocycles. The molecule has 0 heterocycles. The van der Waals surface area contributed by atoms with Gasteiger partial charge in [-0.2, -0.15) is 0 Å². The molecule has 0 aliphatic rings. The number of rotatable bonds is 7. The Balaban J connectivity index is 3.45. The molecule has 0 amide bonds. The van der Waals surface area contributed by atoms with Crippen molar-refractivity contribution in [1.82, 2.24) is 0 Å². The Bertz CT molecular complexity index is 175. The molecule has 0 aromatic heterocycles. The maximum Gasteiger partial charge on any atom is 0.313 e. The fourth-order valence-electron chi connectivity index (χ4n) is 1.07. The summed E-state index contributed by atoms with van der Waals surface area (Å²) in [4.78, 5) is 22.1. The summed E-state index contributed by atoms with van der Waals surface area (Å²) in [7, 11) is 0. The molecule has 0 rings (SSSR count). The molecule has 0 aliphatic carbocycles. The van der Waals surface area contributed by atoms with E-state index in [1.165, 1.54) is 0 Å². The Kier molecular flexibility index (Phi) is 8.19. The first-order chi connectivity index (χ1) is 6.70. The van der Waals surface area contributed by atoms with E-state index in [0.717, 1.165) is 32.1 Å². The van der Waals surface area contributed by atoms with Crippen LogP contribution in [-0.4, -0.2) is 11.9 Å². The van der Waals surface area contributed by atoms with Crippen LogP contribution in [0.25, 0.3) is 0 Å². The third-order valence-electron chi connectivity index (χ3n) is 1.95. The zero-order valence-electron chi connectivity index (χ0n) is 9.17. The van der Waals surface area contributed by atoms with Crippen LogP contribution in [0.15, 0.2) is 0 Å². The number of hydrogen-bond acceptors (Lipinski definition) is 3. The minimum absolute atomic E-state index is 0.357. The summed E-state index contributed by atoms with van der Waals surface area (Å²) in [5, 5.41) is 0. The molecule has 82 valence electrons. The molecular formula is C11H20O3. The highest BCUT2D eigenvalue weighted by Gasteiger charge is 2.08. The first-order valence-corrected chi connectivity index (χ1v) is 5.44. The predicted octanol–water partition coefficient (Wildman–Crippen LogP) is 2.83. The largest absolute Gasteiger partial charge is 0.393 e. The smallest absolute Gasteiger partial charge is 0.313 e. The summed E-state index contributed by atoms with van der Waals surface area (Å²) in [6.07, 6.45) is 5.35. The summed E-state index contributed by atoms with van der Waals surface area (Å²) in [6, 6.07) is 0. The summed E-state index contributed by atoms with van der Waals surface area (Å²) in [5.74, 6) is -0.757. The van der Waals surface area contributed by atoms with Crippen molar-refractivity contribution >= 4 is 11.9 Å². The highest BCUT2D eigenvalue weighted by atomic mass is 16.6. The van der Waals surface area contributed by atoms with E-state index in [1.54, 1.807) is 0 Å². The van der Waals surface area contributed by atoms with Gasteiger partial charge in [0.05, 0.1) is 0 Å². The first kappa shape index (κ1) is 13.1. The maximum atomic E-state index is 11.0. The highest BCUT2D eigenvalue weighted by Crippen LogP contribution is 2.02. The molecule has 0 aromatic rings. The second-order valence-corrected chi connectivity index (χ2v) is 3.41. The van der Waals surface area contributed by atoms with Crippen LogP contribution in [0.5, 0.6) is 0 Å². The van der Waals surface area contributed by atoms with Gasteiger partial charge in [0.25, 0.3) is 0 Å². The van der Waals surface area contributed by atoms with Gasteiger partial charge in [-0.1, -0.05) is 33.1 Å². The Hall–Kier alpha value is -0.860. The van der Waals surface area contributed by atoms with Crippen molar-refractivity contribution in [2.75, 3.05) is 0 Å². The van der Waals surface area contributed by atoms with Crippen molar-refractivity contribution in [3.63, 3.8) is 0 Å². The number of hydrogen-bond donors (Lipinski definition) is 0. The van der Waals surface area contributed by atoms with Gasteiger partial charge in [-0.3, -0.25) is 9.59 Å². The van der Waals surface area contributed by atoms with Crippen LogP contribution in [0.4, 0.5) is 0 Å². The fraction of sp³-hybridized carbons (Fsp3) is 0.818. The molecule has 3 nitrogen and oxygen atoms in total. The normalized spacial score (nSPS) is 9.86. The molecule has 0 radical (unpaired) electrons. The van der Waals surface area contributed by atoms with E-state index < -0.39 is 0 Å². The van der Waals surface area contributed by atoms with Crippen LogP contribution >= 0.6 is 0 Å². The van der Waals surface area contributed by atoms with Crippen LogP contribution in [0.1, 0.15) is 58.8 Å². The second kappa shape index (κ2) is 8.73. The van der Waals surface area contributed by atoms with Gasteiger partial charge in [0.2, 0.25) is 0 Å². The van der Waals surface area contributed by atoms with Crippen molar-refractivity contribution < 1.29 is 14.3 Å². The van der Waals surface area contributed by atoms with Crippen molar-refractivity contribution in [2.24, 2.45) is 0 Å². The monoisotopic (exact) mass is 200 g/mol. The average Bonchev–Trinajstić information content (AvgIpc) is 2.15. The van der Waals surface area contributed by atoms with Gasteiger partial charge < -0.3 is 4.74 Å². The highest BCUT2D eigenvalue weighted by molar-refractivity contribution is 5.85. The lowest BCUT2D eigenvalue weighted by molar-refractivity contribution is -0.159. The van der Waals surface area contributed by atoms with Gasteiger partial charge in [-0.05, 0) is 12.8 Å². The van der Waals surface area contributed by atoms with Crippen LogP contribution in [0.3, 0.4) is 0 Å². The van der Waals surface area contributed by atoms with Gasteiger partial charge >= 0.3 is 11.9 Å². The van der Waals surface area contributed by atoms with Crippen molar-refractivity contribution in [2.45, 2.75) is 58.8 Å². The van der Waals surface area contributed by atoms with Crippen molar-refractivity contribution in [1.29, 1.82) is 0 Å². The van der Waals surface area contributed by atoms with E-state index in [4.69, 9.17) is 0 Å². The van der Waals surface area contributed by atoms with E-state index in [0.29, 0.717) is 12.8 Å². The number of ether oxygens (including phenoxy) is 1. The minimum atomic E-state index is -0.381. The molecule has 0 saturated carbocycles. The maximum absolute atomic E-state index is 11.0. The van der Waals surface area contributed by atoms with Gasteiger partial charge in [0, 0.05) is 12.8 Å². The fourth-order valence-corrected chi connectivity index (χ4v) is 1.07. The zero-order valence-corrected chi connectivity index (χ0v) is 9.17.